The van der Waals surface area contributed by atoms with Crippen molar-refractivity contribution in [3.8, 4) is 0 Å². The van der Waals surface area contributed by atoms with Gasteiger partial charge in [0.1, 0.15) is 0 Å². The summed E-state index contributed by atoms with van der Waals surface area (Å²) in [5, 5.41) is 9.27. The molecule has 1 heterocycles. The molecule has 0 spiro atoms. The molecule has 1 saturated heterocycles. The molecule has 29 heavy (non-hydrogen) atoms. The second kappa shape index (κ2) is 9.16. The van der Waals surface area contributed by atoms with Crippen LogP contribution in [0.3, 0.4) is 0 Å². The predicted octanol–water partition coefficient (Wildman–Crippen LogP) is 5.08. The van der Waals surface area contributed by atoms with Crippen molar-refractivity contribution < 1.29 is 14.6 Å². The number of benzene rings is 2. The number of hydrogen-bond acceptors (Lipinski definition) is 3. The maximum absolute atomic E-state index is 11.3. The summed E-state index contributed by atoms with van der Waals surface area (Å²) in [6.45, 7) is 3.09. The highest BCUT2D eigenvalue weighted by Crippen LogP contribution is 2.37. The standard InChI is InChI=1S/C22H24Br2N2O3/c23-17-11-15(12-18(24)13-17)14-29-20-6-5-16-3-1-2-4-19(16)21(20)25-7-9-26(10-8-25)22(27)28/h1-4,11-13,20-21H,5-10,14H2,(H,27,28). The lowest BCUT2D eigenvalue weighted by atomic mass is 9.84. The number of aryl methyl sites for hydroxylation is 1. The number of nitrogens with zero attached hydrogens (tertiary/aromatic N) is 2. The van der Waals surface area contributed by atoms with Crippen molar-refractivity contribution in [3.05, 3.63) is 68.1 Å². The third-order valence-electron chi connectivity index (χ3n) is 5.79. The van der Waals surface area contributed by atoms with Gasteiger partial charge in [0.2, 0.25) is 0 Å². The summed E-state index contributed by atoms with van der Waals surface area (Å²) in [6.07, 6.45) is 1.23. The molecular formula is C22H24Br2N2O3. The summed E-state index contributed by atoms with van der Waals surface area (Å²) in [5.74, 6) is 0. The largest absolute Gasteiger partial charge is 0.465 e. The lowest BCUT2D eigenvalue weighted by Gasteiger charge is -2.44. The average molecular weight is 524 g/mol. The fraction of sp³-hybridized carbons (Fsp3) is 0.409. The van der Waals surface area contributed by atoms with E-state index in [1.54, 1.807) is 0 Å². The molecule has 1 fully saturated rings. The van der Waals surface area contributed by atoms with Crippen LogP contribution in [-0.2, 0) is 17.8 Å². The van der Waals surface area contributed by atoms with Crippen molar-refractivity contribution in [2.45, 2.75) is 31.6 Å². The number of ether oxygens (including phenoxy) is 1. The Hall–Kier alpha value is -1.41. The van der Waals surface area contributed by atoms with Gasteiger partial charge in [-0.15, -0.1) is 0 Å². The van der Waals surface area contributed by atoms with E-state index in [9.17, 15) is 9.90 Å². The monoisotopic (exact) mass is 522 g/mol. The zero-order valence-electron chi connectivity index (χ0n) is 16.1. The SMILES string of the molecule is O=C(O)N1CCN(C2c3ccccc3CCC2OCc2cc(Br)cc(Br)c2)CC1. The second-order valence-electron chi connectivity index (χ2n) is 7.62. The van der Waals surface area contributed by atoms with E-state index in [1.165, 1.54) is 16.0 Å². The number of halogens is 2. The molecule has 5 nitrogen and oxygen atoms in total. The van der Waals surface area contributed by atoms with Crippen LogP contribution in [0.5, 0.6) is 0 Å². The van der Waals surface area contributed by atoms with Gasteiger partial charge in [0.15, 0.2) is 0 Å². The lowest BCUT2D eigenvalue weighted by Crippen LogP contribution is -2.52. The van der Waals surface area contributed by atoms with Crippen molar-refractivity contribution in [2.75, 3.05) is 26.2 Å². The topological polar surface area (TPSA) is 53.0 Å². The normalized spacial score (nSPS) is 22.3. The van der Waals surface area contributed by atoms with E-state index in [0.29, 0.717) is 19.7 Å². The molecule has 0 radical (unpaired) electrons. The van der Waals surface area contributed by atoms with E-state index in [1.807, 2.05) is 6.07 Å². The molecule has 0 saturated carbocycles. The first-order chi connectivity index (χ1) is 14.0. The third kappa shape index (κ3) is 4.85. The van der Waals surface area contributed by atoms with Crippen molar-refractivity contribution >= 4 is 38.0 Å². The fourth-order valence-corrected chi connectivity index (χ4v) is 5.79. The molecule has 1 aliphatic carbocycles. The molecule has 2 aromatic carbocycles. The number of amides is 1. The molecule has 4 rings (SSSR count). The van der Waals surface area contributed by atoms with E-state index in [4.69, 9.17) is 4.74 Å². The van der Waals surface area contributed by atoms with Crippen molar-refractivity contribution in [2.24, 2.45) is 0 Å². The molecule has 2 aromatic rings. The van der Waals surface area contributed by atoms with Gasteiger partial charge in [-0.2, -0.15) is 0 Å². The summed E-state index contributed by atoms with van der Waals surface area (Å²) in [4.78, 5) is 15.2. The first-order valence-corrected chi connectivity index (χ1v) is 11.5. The number of carboxylic acid groups (broad SMARTS) is 1. The molecule has 2 unspecified atom stereocenters. The fourth-order valence-electron chi connectivity index (χ4n) is 4.40. The Morgan fingerprint density at radius 1 is 1.07 bits per heavy atom. The van der Waals surface area contributed by atoms with Gasteiger partial charge in [0, 0.05) is 35.1 Å². The highest BCUT2D eigenvalue weighted by atomic mass is 79.9. The number of fused-ring (bicyclic) bond motifs is 1. The zero-order chi connectivity index (χ0) is 20.4. The minimum Gasteiger partial charge on any atom is -0.465 e. The van der Waals surface area contributed by atoms with Gasteiger partial charge in [-0.05, 0) is 47.7 Å². The highest BCUT2D eigenvalue weighted by molar-refractivity contribution is 9.11. The number of hydrogen-bond donors (Lipinski definition) is 1. The second-order valence-corrected chi connectivity index (χ2v) is 9.45. The van der Waals surface area contributed by atoms with E-state index in [2.05, 4.69) is 73.2 Å². The molecule has 1 amide bonds. The predicted molar refractivity (Wildman–Crippen MR) is 119 cm³/mol. The quantitative estimate of drug-likeness (QED) is 0.607. The van der Waals surface area contributed by atoms with Gasteiger partial charge in [-0.25, -0.2) is 4.79 Å². The Morgan fingerprint density at radius 2 is 1.76 bits per heavy atom. The van der Waals surface area contributed by atoms with Crippen LogP contribution >= 0.6 is 31.9 Å². The summed E-state index contributed by atoms with van der Waals surface area (Å²) in [7, 11) is 0. The van der Waals surface area contributed by atoms with Crippen LogP contribution in [0, 0.1) is 0 Å². The van der Waals surface area contributed by atoms with Crippen LogP contribution < -0.4 is 0 Å². The molecule has 2 atom stereocenters. The van der Waals surface area contributed by atoms with Crippen molar-refractivity contribution in [1.29, 1.82) is 0 Å². The molecule has 2 aliphatic rings. The number of carbonyl (C=O) groups is 1. The number of piperazine rings is 1. The van der Waals surface area contributed by atoms with Gasteiger partial charge in [-0.3, -0.25) is 4.90 Å². The number of rotatable bonds is 4. The maximum Gasteiger partial charge on any atom is 0.407 e. The smallest absolute Gasteiger partial charge is 0.407 e. The summed E-state index contributed by atoms with van der Waals surface area (Å²) in [6, 6.07) is 14.9. The molecule has 154 valence electrons. The van der Waals surface area contributed by atoms with Crippen molar-refractivity contribution in [1.82, 2.24) is 9.80 Å². The van der Waals surface area contributed by atoms with Gasteiger partial charge < -0.3 is 14.7 Å². The highest BCUT2D eigenvalue weighted by Gasteiger charge is 2.36. The Kier molecular flexibility index (Phi) is 6.59. The van der Waals surface area contributed by atoms with Gasteiger partial charge >= 0.3 is 6.09 Å². The molecule has 1 aliphatic heterocycles. The Morgan fingerprint density at radius 3 is 2.45 bits per heavy atom. The Bertz CT molecular complexity index is 864. The maximum atomic E-state index is 11.3. The molecule has 7 heteroatoms. The molecule has 0 aromatic heterocycles. The van der Waals surface area contributed by atoms with Crippen LogP contribution in [0.4, 0.5) is 4.79 Å². The molecule has 0 bridgehead atoms. The van der Waals surface area contributed by atoms with E-state index >= 15 is 0 Å². The molecule has 1 N–H and O–H groups in total. The van der Waals surface area contributed by atoms with Gasteiger partial charge in [-0.1, -0.05) is 56.1 Å². The van der Waals surface area contributed by atoms with Crippen LogP contribution in [0.15, 0.2) is 51.4 Å². The summed E-state index contributed by atoms with van der Waals surface area (Å²) >= 11 is 7.09. The summed E-state index contributed by atoms with van der Waals surface area (Å²) < 4.78 is 8.52. The Labute approximate surface area is 187 Å². The van der Waals surface area contributed by atoms with Crippen LogP contribution in [0.2, 0.25) is 0 Å². The van der Waals surface area contributed by atoms with Gasteiger partial charge in [0.05, 0.1) is 18.8 Å². The molecular weight excluding hydrogens is 500 g/mol. The van der Waals surface area contributed by atoms with E-state index in [-0.39, 0.29) is 12.1 Å². The minimum absolute atomic E-state index is 0.0824. The third-order valence-corrected chi connectivity index (χ3v) is 6.70. The average Bonchev–Trinajstić information content (AvgIpc) is 2.71. The Balaban J connectivity index is 1.53. The first kappa shape index (κ1) is 20.8. The van der Waals surface area contributed by atoms with Crippen LogP contribution in [0.1, 0.15) is 29.2 Å². The van der Waals surface area contributed by atoms with E-state index in [0.717, 1.165) is 40.4 Å². The van der Waals surface area contributed by atoms with Crippen LogP contribution in [0.25, 0.3) is 0 Å². The zero-order valence-corrected chi connectivity index (χ0v) is 19.2. The van der Waals surface area contributed by atoms with Crippen molar-refractivity contribution in [3.63, 3.8) is 0 Å². The van der Waals surface area contributed by atoms with Gasteiger partial charge in [0.25, 0.3) is 0 Å². The van der Waals surface area contributed by atoms with E-state index < -0.39 is 6.09 Å². The minimum atomic E-state index is -0.832. The summed E-state index contributed by atoms with van der Waals surface area (Å²) in [5.41, 5.74) is 3.82. The van der Waals surface area contributed by atoms with Crippen LogP contribution in [-0.4, -0.2) is 53.3 Å². The lowest BCUT2D eigenvalue weighted by molar-refractivity contribution is -0.0449. The first-order valence-electron chi connectivity index (χ1n) is 9.87.